The number of aromatic nitrogens is 2. The number of anilines is 1. The van der Waals surface area contributed by atoms with Gasteiger partial charge in [0.15, 0.2) is 0 Å². The van der Waals surface area contributed by atoms with E-state index in [1.807, 2.05) is 26.2 Å². The molecule has 6 heteroatoms. The molecule has 0 saturated carbocycles. The van der Waals surface area contributed by atoms with Crippen LogP contribution in [0.2, 0.25) is 0 Å². The minimum Gasteiger partial charge on any atom is -0.380 e. The minimum absolute atomic E-state index is 0. The Bertz CT molecular complexity index is 450. The molecule has 26 heavy (non-hydrogen) atoms. The number of hydrogen-bond acceptors (Lipinski definition) is 6. The van der Waals surface area contributed by atoms with Gasteiger partial charge in [-0.2, -0.15) is 0 Å². The van der Waals surface area contributed by atoms with Crippen LogP contribution in [0.15, 0.2) is 12.4 Å². The molecule has 1 aliphatic heterocycles. The molecule has 152 valence electrons. The second-order valence-corrected chi connectivity index (χ2v) is 6.62. The molecule has 1 aromatic heterocycles. The van der Waals surface area contributed by atoms with Crippen LogP contribution in [0.1, 0.15) is 53.9 Å². The molecular weight excluding hydrogens is 326 g/mol. The summed E-state index contributed by atoms with van der Waals surface area (Å²) in [6.07, 6.45) is 5.03. The Morgan fingerprint density at radius 2 is 1.77 bits per heavy atom. The molecule has 0 atom stereocenters. The summed E-state index contributed by atoms with van der Waals surface area (Å²) in [6, 6.07) is 0. The van der Waals surface area contributed by atoms with Gasteiger partial charge in [-0.15, -0.1) is 0 Å². The number of hydrogen-bond donors (Lipinski definition) is 1. The molecule has 1 aliphatic rings. The van der Waals surface area contributed by atoms with Crippen LogP contribution in [0.3, 0.4) is 0 Å². The van der Waals surface area contributed by atoms with Gasteiger partial charge >= 0.3 is 0 Å². The summed E-state index contributed by atoms with van der Waals surface area (Å²) >= 11 is 0. The average molecular weight is 368 g/mol. The van der Waals surface area contributed by atoms with E-state index in [1.54, 1.807) is 0 Å². The van der Waals surface area contributed by atoms with Crippen LogP contribution in [-0.4, -0.2) is 73.9 Å². The lowest BCUT2D eigenvalue weighted by molar-refractivity contribution is 0.121. The standard InChI is InChI=1S/C18H33N5O.C2H6.H2/c1-4-19-6-13-24-12-5-7-22-8-10-23(11-9-22)18-20-14-17(15-21-18)16(2)3;1-2;/h14-16,19H,4-13H2,1-3H3;1-2H3;1H. The highest BCUT2D eigenvalue weighted by Crippen LogP contribution is 2.15. The summed E-state index contributed by atoms with van der Waals surface area (Å²) < 4.78 is 5.63. The molecule has 2 rings (SSSR count). The fourth-order valence-electron chi connectivity index (χ4n) is 2.78. The van der Waals surface area contributed by atoms with Crippen molar-refractivity contribution in [2.45, 2.75) is 47.0 Å². The summed E-state index contributed by atoms with van der Waals surface area (Å²) in [7, 11) is 0. The SMILES string of the molecule is CC.CCNCCOCCCN1CCN(c2ncc(C(C)C)cn2)CC1.[HH]. The maximum absolute atomic E-state index is 5.63. The number of nitrogens with one attached hydrogen (secondary N) is 1. The quantitative estimate of drug-likeness (QED) is 0.642. The molecule has 0 aromatic carbocycles. The van der Waals surface area contributed by atoms with Crippen LogP contribution in [0.4, 0.5) is 5.95 Å². The van der Waals surface area contributed by atoms with Gasteiger partial charge in [0.05, 0.1) is 6.61 Å². The molecule has 1 fully saturated rings. The number of likely N-dealkylation sites (N-methyl/N-ethyl adjacent to an activating group) is 1. The van der Waals surface area contributed by atoms with Crippen LogP contribution >= 0.6 is 0 Å². The number of nitrogens with zero attached hydrogens (tertiary/aromatic N) is 4. The Kier molecular flexibility index (Phi) is 12.2. The molecule has 0 bridgehead atoms. The first-order chi connectivity index (χ1) is 12.7. The third kappa shape index (κ3) is 8.43. The first-order valence-corrected chi connectivity index (χ1v) is 10.3. The molecule has 1 N–H and O–H groups in total. The van der Waals surface area contributed by atoms with Crippen molar-refractivity contribution in [2.24, 2.45) is 0 Å². The normalized spacial score (nSPS) is 15.1. The van der Waals surface area contributed by atoms with Gasteiger partial charge < -0.3 is 15.0 Å². The average Bonchev–Trinajstić information content (AvgIpc) is 2.69. The highest BCUT2D eigenvalue weighted by Gasteiger charge is 2.18. The van der Waals surface area contributed by atoms with Crippen LogP contribution in [0.5, 0.6) is 0 Å². The Morgan fingerprint density at radius 1 is 1.12 bits per heavy atom. The molecule has 0 spiro atoms. The number of rotatable bonds is 10. The Balaban J connectivity index is 0.00000218. The summed E-state index contributed by atoms with van der Waals surface area (Å²) in [4.78, 5) is 13.9. The topological polar surface area (TPSA) is 53.5 Å². The minimum atomic E-state index is 0. The van der Waals surface area contributed by atoms with Crippen molar-refractivity contribution in [3.05, 3.63) is 18.0 Å². The van der Waals surface area contributed by atoms with E-state index in [1.165, 1.54) is 5.56 Å². The lowest BCUT2D eigenvalue weighted by Gasteiger charge is -2.34. The first kappa shape index (κ1) is 22.8. The van der Waals surface area contributed by atoms with E-state index < -0.39 is 0 Å². The zero-order chi connectivity index (χ0) is 19.2. The molecule has 0 radical (unpaired) electrons. The Labute approximate surface area is 161 Å². The van der Waals surface area contributed by atoms with Crippen molar-refractivity contribution >= 4 is 5.95 Å². The molecule has 1 saturated heterocycles. The summed E-state index contributed by atoms with van der Waals surface area (Å²) in [5, 5.41) is 3.27. The second kappa shape index (κ2) is 13.9. The summed E-state index contributed by atoms with van der Waals surface area (Å²) in [5.41, 5.74) is 1.20. The van der Waals surface area contributed by atoms with Gasteiger partial charge in [0.25, 0.3) is 0 Å². The van der Waals surface area contributed by atoms with Gasteiger partial charge in [-0.1, -0.05) is 34.6 Å². The molecule has 1 aromatic rings. The highest BCUT2D eigenvalue weighted by atomic mass is 16.5. The van der Waals surface area contributed by atoms with Crippen molar-refractivity contribution in [1.82, 2.24) is 20.2 Å². The fraction of sp³-hybridized carbons (Fsp3) is 0.800. The Morgan fingerprint density at radius 3 is 2.35 bits per heavy atom. The third-order valence-electron chi connectivity index (χ3n) is 4.42. The Hall–Kier alpha value is -1.24. The maximum atomic E-state index is 5.63. The van der Waals surface area contributed by atoms with Gasteiger partial charge in [0, 0.05) is 59.7 Å². The number of ether oxygens (including phenoxy) is 1. The summed E-state index contributed by atoms with van der Waals surface area (Å²) in [5.74, 6) is 1.35. The van der Waals surface area contributed by atoms with E-state index >= 15 is 0 Å². The first-order valence-electron chi connectivity index (χ1n) is 10.3. The van der Waals surface area contributed by atoms with Crippen molar-refractivity contribution in [3.63, 3.8) is 0 Å². The predicted molar refractivity (Wildman–Crippen MR) is 112 cm³/mol. The molecule has 0 unspecified atom stereocenters. The van der Waals surface area contributed by atoms with Crippen LogP contribution in [0, 0.1) is 0 Å². The van der Waals surface area contributed by atoms with E-state index in [4.69, 9.17) is 4.74 Å². The van der Waals surface area contributed by atoms with Gasteiger partial charge in [-0.3, -0.25) is 4.90 Å². The highest BCUT2D eigenvalue weighted by molar-refractivity contribution is 5.31. The van der Waals surface area contributed by atoms with E-state index in [0.29, 0.717) is 5.92 Å². The monoisotopic (exact) mass is 367 g/mol. The predicted octanol–water partition coefficient (Wildman–Crippen LogP) is 3.01. The van der Waals surface area contributed by atoms with Crippen molar-refractivity contribution < 1.29 is 6.16 Å². The molecule has 0 aliphatic carbocycles. The third-order valence-corrected chi connectivity index (χ3v) is 4.42. The van der Waals surface area contributed by atoms with E-state index in [2.05, 4.69) is 45.9 Å². The lowest BCUT2D eigenvalue weighted by atomic mass is 10.1. The molecule has 0 amide bonds. The van der Waals surface area contributed by atoms with E-state index in [-0.39, 0.29) is 1.43 Å². The number of piperazine rings is 1. The maximum Gasteiger partial charge on any atom is 0.225 e. The molecule has 2 heterocycles. The lowest BCUT2D eigenvalue weighted by Crippen LogP contribution is -2.47. The van der Waals surface area contributed by atoms with Crippen molar-refractivity contribution in [3.8, 4) is 0 Å². The fourth-order valence-corrected chi connectivity index (χ4v) is 2.78. The van der Waals surface area contributed by atoms with Crippen molar-refractivity contribution in [2.75, 3.05) is 63.9 Å². The zero-order valence-electron chi connectivity index (χ0n) is 17.5. The van der Waals surface area contributed by atoms with E-state index in [0.717, 1.165) is 71.4 Å². The molecule has 6 nitrogen and oxygen atoms in total. The second-order valence-electron chi connectivity index (χ2n) is 6.62. The molecular formula is C20H41N5O. The van der Waals surface area contributed by atoms with Crippen LogP contribution in [0.25, 0.3) is 0 Å². The summed E-state index contributed by atoms with van der Waals surface area (Å²) in [6.45, 7) is 19.3. The van der Waals surface area contributed by atoms with Crippen LogP contribution in [-0.2, 0) is 4.74 Å². The largest absolute Gasteiger partial charge is 0.380 e. The van der Waals surface area contributed by atoms with E-state index in [9.17, 15) is 0 Å². The smallest absolute Gasteiger partial charge is 0.225 e. The van der Waals surface area contributed by atoms with Crippen LogP contribution < -0.4 is 10.2 Å². The van der Waals surface area contributed by atoms with Gasteiger partial charge in [-0.05, 0) is 24.4 Å². The van der Waals surface area contributed by atoms with Gasteiger partial charge in [0.1, 0.15) is 0 Å². The van der Waals surface area contributed by atoms with Gasteiger partial charge in [0.2, 0.25) is 5.95 Å². The van der Waals surface area contributed by atoms with Crippen molar-refractivity contribution in [1.29, 1.82) is 0 Å². The van der Waals surface area contributed by atoms with Gasteiger partial charge in [-0.25, -0.2) is 9.97 Å². The zero-order valence-corrected chi connectivity index (χ0v) is 17.5.